The first kappa shape index (κ1) is 15.6. The minimum absolute atomic E-state index is 0.0174. The van der Waals surface area contributed by atoms with Gasteiger partial charge in [0, 0.05) is 4.47 Å². The van der Waals surface area contributed by atoms with Gasteiger partial charge in [-0.25, -0.2) is 0 Å². The number of halogens is 1. The van der Waals surface area contributed by atoms with Gasteiger partial charge >= 0.3 is 0 Å². The second-order valence-corrected chi connectivity index (χ2v) is 6.18. The molecule has 2 rings (SSSR count). The number of rotatable bonds is 4. The Morgan fingerprint density at radius 1 is 1.19 bits per heavy atom. The first-order valence-electron chi connectivity index (χ1n) is 6.81. The van der Waals surface area contributed by atoms with Crippen LogP contribution in [0.4, 0.5) is 0 Å². The molecule has 0 spiro atoms. The van der Waals surface area contributed by atoms with Gasteiger partial charge in [0.2, 0.25) is 0 Å². The molecule has 0 aliphatic heterocycles. The van der Waals surface area contributed by atoms with E-state index in [1.165, 1.54) is 0 Å². The largest absolute Gasteiger partial charge is 0.456 e. The van der Waals surface area contributed by atoms with Gasteiger partial charge in [-0.15, -0.1) is 0 Å². The van der Waals surface area contributed by atoms with Crippen molar-refractivity contribution in [2.24, 2.45) is 5.73 Å². The molecule has 0 atom stereocenters. The Balaban J connectivity index is 2.50. The number of benzene rings is 2. The van der Waals surface area contributed by atoms with Crippen LogP contribution < -0.4 is 10.5 Å². The third-order valence-corrected chi connectivity index (χ3v) is 3.92. The van der Waals surface area contributed by atoms with E-state index in [4.69, 9.17) is 15.9 Å². The molecule has 0 radical (unpaired) electrons. The average Bonchev–Trinajstić information content (AvgIpc) is 2.37. The van der Waals surface area contributed by atoms with Gasteiger partial charge in [0.25, 0.3) is 0 Å². The summed E-state index contributed by atoms with van der Waals surface area (Å²) >= 11 is 3.42. The number of amidine groups is 1. The summed E-state index contributed by atoms with van der Waals surface area (Å²) in [5.74, 6) is 1.74. The fourth-order valence-corrected chi connectivity index (χ4v) is 2.74. The monoisotopic (exact) mass is 346 g/mol. The smallest absolute Gasteiger partial charge is 0.139 e. The third kappa shape index (κ3) is 3.45. The quantitative estimate of drug-likeness (QED) is 0.607. The van der Waals surface area contributed by atoms with E-state index in [1.54, 1.807) is 0 Å². The summed E-state index contributed by atoms with van der Waals surface area (Å²) in [5, 5.41) is 7.73. The summed E-state index contributed by atoms with van der Waals surface area (Å²) in [4.78, 5) is 0. The minimum Gasteiger partial charge on any atom is -0.456 e. The van der Waals surface area contributed by atoms with Crippen LogP contribution in [0.15, 0.2) is 40.9 Å². The molecule has 2 aromatic carbocycles. The highest BCUT2D eigenvalue weighted by atomic mass is 79.9. The van der Waals surface area contributed by atoms with Crippen molar-refractivity contribution in [3.05, 3.63) is 57.6 Å². The van der Waals surface area contributed by atoms with Crippen molar-refractivity contribution in [1.29, 1.82) is 5.41 Å². The average molecular weight is 347 g/mol. The predicted molar refractivity (Wildman–Crippen MR) is 90.5 cm³/mol. The lowest BCUT2D eigenvalue weighted by Gasteiger charge is -2.17. The van der Waals surface area contributed by atoms with Crippen molar-refractivity contribution in [2.75, 3.05) is 0 Å². The van der Waals surface area contributed by atoms with E-state index in [0.29, 0.717) is 17.2 Å². The van der Waals surface area contributed by atoms with Crippen LogP contribution in [-0.4, -0.2) is 5.84 Å². The second-order valence-electron chi connectivity index (χ2n) is 5.32. The maximum Gasteiger partial charge on any atom is 0.139 e. The topological polar surface area (TPSA) is 59.1 Å². The van der Waals surface area contributed by atoms with Crippen LogP contribution in [0.1, 0.15) is 36.5 Å². The number of hydrogen-bond donors (Lipinski definition) is 2. The number of aryl methyl sites for hydroxylation is 1. The maximum atomic E-state index is 7.73. The maximum absolute atomic E-state index is 7.73. The molecule has 0 aliphatic rings. The van der Waals surface area contributed by atoms with Crippen LogP contribution in [0.3, 0.4) is 0 Å². The molecule has 3 N–H and O–H groups in total. The zero-order valence-corrected chi connectivity index (χ0v) is 14.0. The fourth-order valence-electron chi connectivity index (χ4n) is 2.18. The van der Waals surface area contributed by atoms with Crippen molar-refractivity contribution in [1.82, 2.24) is 0 Å². The Morgan fingerprint density at radius 2 is 1.90 bits per heavy atom. The lowest BCUT2D eigenvalue weighted by atomic mass is 10.0. The van der Waals surface area contributed by atoms with Crippen LogP contribution in [0.5, 0.6) is 11.5 Å². The Kier molecular flexibility index (Phi) is 4.68. The summed E-state index contributed by atoms with van der Waals surface area (Å²) in [6.45, 7) is 6.29. The third-order valence-electron chi connectivity index (χ3n) is 3.26. The number of ether oxygens (including phenoxy) is 1. The van der Waals surface area contributed by atoms with Gasteiger partial charge in [-0.2, -0.15) is 0 Å². The number of nitrogen functional groups attached to an aromatic ring is 1. The van der Waals surface area contributed by atoms with Crippen molar-refractivity contribution in [3.8, 4) is 11.5 Å². The molecular formula is C17H19BrN2O. The van der Waals surface area contributed by atoms with Gasteiger partial charge in [-0.1, -0.05) is 32.0 Å². The predicted octanol–water partition coefficient (Wildman–Crippen LogP) is 4.96. The molecule has 0 saturated carbocycles. The van der Waals surface area contributed by atoms with Crippen molar-refractivity contribution in [2.45, 2.75) is 26.7 Å². The molecule has 0 amide bonds. The molecule has 0 saturated heterocycles. The van der Waals surface area contributed by atoms with Crippen LogP contribution in [0.25, 0.3) is 0 Å². The van der Waals surface area contributed by atoms with Crippen molar-refractivity contribution < 1.29 is 4.74 Å². The number of nitrogens with one attached hydrogen (secondary N) is 1. The Labute approximate surface area is 133 Å². The normalized spacial score (nSPS) is 10.7. The van der Waals surface area contributed by atoms with Gasteiger partial charge in [0.15, 0.2) is 0 Å². The summed E-state index contributed by atoms with van der Waals surface area (Å²) in [6, 6.07) is 11.7. The fraction of sp³-hybridized carbons (Fsp3) is 0.235. The zero-order chi connectivity index (χ0) is 15.6. The standard InChI is InChI=1S/C17H19BrN2O/c1-10(2)12-8-7-11(3)9-15(12)21-14-6-4-5-13(18)16(14)17(19)20/h4-10H,1-3H3,(H3,19,20). The Hall–Kier alpha value is -1.81. The molecule has 0 aliphatic carbocycles. The first-order valence-corrected chi connectivity index (χ1v) is 7.60. The van der Waals surface area contributed by atoms with Crippen molar-refractivity contribution >= 4 is 21.8 Å². The highest BCUT2D eigenvalue weighted by Gasteiger charge is 2.14. The molecule has 0 aromatic heterocycles. The molecule has 110 valence electrons. The van der Waals surface area contributed by atoms with Gasteiger partial charge in [0.1, 0.15) is 17.3 Å². The Morgan fingerprint density at radius 3 is 2.52 bits per heavy atom. The molecule has 4 heteroatoms. The molecule has 0 unspecified atom stereocenters. The van der Waals surface area contributed by atoms with Crippen molar-refractivity contribution in [3.63, 3.8) is 0 Å². The number of hydrogen-bond acceptors (Lipinski definition) is 2. The van der Waals surface area contributed by atoms with E-state index in [1.807, 2.05) is 31.2 Å². The number of nitrogens with two attached hydrogens (primary N) is 1. The highest BCUT2D eigenvalue weighted by molar-refractivity contribution is 9.10. The first-order chi connectivity index (χ1) is 9.90. The molecule has 3 nitrogen and oxygen atoms in total. The zero-order valence-electron chi connectivity index (χ0n) is 12.4. The molecule has 0 fully saturated rings. The van der Waals surface area contributed by atoms with Gasteiger partial charge in [0.05, 0.1) is 5.56 Å². The van der Waals surface area contributed by atoms with Crippen LogP contribution in [0, 0.1) is 12.3 Å². The summed E-state index contributed by atoms with van der Waals surface area (Å²) in [6.07, 6.45) is 0. The van der Waals surface area contributed by atoms with Crippen LogP contribution >= 0.6 is 15.9 Å². The van der Waals surface area contributed by atoms with E-state index in [-0.39, 0.29) is 5.84 Å². The Bertz CT molecular complexity index is 680. The van der Waals surface area contributed by atoms with Gasteiger partial charge in [-0.3, -0.25) is 5.41 Å². The molecular weight excluding hydrogens is 328 g/mol. The van der Waals surface area contributed by atoms with E-state index in [0.717, 1.165) is 21.3 Å². The molecule has 0 heterocycles. The van der Waals surface area contributed by atoms with E-state index in [9.17, 15) is 0 Å². The van der Waals surface area contributed by atoms with E-state index >= 15 is 0 Å². The molecule has 21 heavy (non-hydrogen) atoms. The van der Waals surface area contributed by atoms with E-state index in [2.05, 4.69) is 41.9 Å². The second kappa shape index (κ2) is 6.31. The molecule has 0 bridgehead atoms. The molecule has 2 aromatic rings. The summed E-state index contributed by atoms with van der Waals surface area (Å²) in [5.41, 5.74) is 8.52. The highest BCUT2D eigenvalue weighted by Crippen LogP contribution is 2.35. The lowest BCUT2D eigenvalue weighted by molar-refractivity contribution is 0.471. The minimum atomic E-state index is -0.0174. The van der Waals surface area contributed by atoms with Gasteiger partial charge in [-0.05, 0) is 58.1 Å². The van der Waals surface area contributed by atoms with E-state index < -0.39 is 0 Å². The SMILES string of the molecule is Cc1ccc(C(C)C)c(Oc2cccc(Br)c2C(=N)N)c1. The summed E-state index contributed by atoms with van der Waals surface area (Å²) in [7, 11) is 0. The van der Waals surface area contributed by atoms with Crippen LogP contribution in [0.2, 0.25) is 0 Å². The van der Waals surface area contributed by atoms with Crippen LogP contribution in [-0.2, 0) is 0 Å². The van der Waals surface area contributed by atoms with Gasteiger partial charge < -0.3 is 10.5 Å². The summed E-state index contributed by atoms with van der Waals surface area (Å²) < 4.78 is 6.83. The lowest BCUT2D eigenvalue weighted by Crippen LogP contribution is -2.13.